The standard InChI is InChI=1S/C10H13N5O/c1-14(2)10-11-9(16-13-10)8-6-7-4-3-5-15(7)12-8/h6H,3-5H2,1-2H3. The third-order valence-corrected chi connectivity index (χ3v) is 2.70. The van der Waals surface area contributed by atoms with Gasteiger partial charge in [-0.1, -0.05) is 0 Å². The number of rotatable bonds is 2. The van der Waals surface area contributed by atoms with E-state index in [0.29, 0.717) is 11.8 Å². The van der Waals surface area contributed by atoms with Crippen molar-refractivity contribution >= 4 is 5.95 Å². The smallest absolute Gasteiger partial charge is 0.280 e. The molecule has 0 spiro atoms. The molecule has 84 valence electrons. The Balaban J connectivity index is 1.95. The molecule has 3 rings (SSSR count). The quantitative estimate of drug-likeness (QED) is 0.752. The number of hydrogen-bond acceptors (Lipinski definition) is 5. The van der Waals surface area contributed by atoms with Crippen LogP contribution < -0.4 is 4.90 Å². The lowest BCUT2D eigenvalue weighted by atomic mass is 10.3. The van der Waals surface area contributed by atoms with Gasteiger partial charge in [0.15, 0.2) is 5.69 Å². The summed E-state index contributed by atoms with van der Waals surface area (Å²) in [5.41, 5.74) is 2.02. The zero-order chi connectivity index (χ0) is 11.1. The topological polar surface area (TPSA) is 60.0 Å². The molecular formula is C10H13N5O. The van der Waals surface area contributed by atoms with Crippen molar-refractivity contribution in [1.29, 1.82) is 0 Å². The van der Waals surface area contributed by atoms with Crippen LogP contribution in [0, 0.1) is 0 Å². The minimum Gasteiger partial charge on any atom is -0.344 e. The maximum absolute atomic E-state index is 5.17. The van der Waals surface area contributed by atoms with Crippen molar-refractivity contribution in [2.45, 2.75) is 19.4 Å². The second-order valence-electron chi connectivity index (χ2n) is 4.14. The molecule has 0 aromatic carbocycles. The summed E-state index contributed by atoms with van der Waals surface area (Å²) in [6.07, 6.45) is 2.26. The molecule has 0 saturated heterocycles. The Morgan fingerprint density at radius 1 is 1.44 bits per heavy atom. The van der Waals surface area contributed by atoms with Crippen molar-refractivity contribution in [3.8, 4) is 11.6 Å². The summed E-state index contributed by atoms with van der Waals surface area (Å²) < 4.78 is 7.18. The summed E-state index contributed by atoms with van der Waals surface area (Å²) in [5, 5.41) is 8.30. The van der Waals surface area contributed by atoms with E-state index in [-0.39, 0.29) is 0 Å². The van der Waals surface area contributed by atoms with E-state index >= 15 is 0 Å². The van der Waals surface area contributed by atoms with Gasteiger partial charge >= 0.3 is 0 Å². The number of hydrogen-bond donors (Lipinski definition) is 0. The summed E-state index contributed by atoms with van der Waals surface area (Å²) in [7, 11) is 3.75. The van der Waals surface area contributed by atoms with Crippen LogP contribution in [-0.4, -0.2) is 34.0 Å². The molecule has 0 amide bonds. The zero-order valence-electron chi connectivity index (χ0n) is 9.34. The molecule has 0 bridgehead atoms. The van der Waals surface area contributed by atoms with Gasteiger partial charge in [0, 0.05) is 26.3 Å². The fraction of sp³-hybridized carbons (Fsp3) is 0.500. The Bertz CT molecular complexity index is 492. The van der Waals surface area contributed by atoms with Gasteiger partial charge in [0.1, 0.15) is 0 Å². The van der Waals surface area contributed by atoms with Gasteiger partial charge < -0.3 is 9.42 Å². The number of fused-ring (bicyclic) bond motifs is 1. The fourth-order valence-corrected chi connectivity index (χ4v) is 1.87. The molecule has 0 saturated carbocycles. The molecule has 1 aliphatic rings. The van der Waals surface area contributed by atoms with Crippen molar-refractivity contribution in [1.82, 2.24) is 19.9 Å². The molecule has 16 heavy (non-hydrogen) atoms. The van der Waals surface area contributed by atoms with Gasteiger partial charge in [-0.15, -0.1) is 0 Å². The minimum atomic E-state index is 0.491. The molecule has 0 N–H and O–H groups in total. The van der Waals surface area contributed by atoms with Crippen molar-refractivity contribution in [2.75, 3.05) is 19.0 Å². The number of aryl methyl sites for hydroxylation is 2. The van der Waals surface area contributed by atoms with E-state index in [1.54, 1.807) is 4.90 Å². The van der Waals surface area contributed by atoms with Crippen LogP contribution in [0.25, 0.3) is 11.6 Å². The molecule has 2 aromatic heterocycles. The van der Waals surface area contributed by atoms with Gasteiger partial charge in [-0.05, 0) is 24.1 Å². The Hall–Kier alpha value is -1.85. The van der Waals surface area contributed by atoms with Crippen molar-refractivity contribution in [2.24, 2.45) is 0 Å². The monoisotopic (exact) mass is 219 g/mol. The van der Waals surface area contributed by atoms with Crippen molar-refractivity contribution in [3.05, 3.63) is 11.8 Å². The Kier molecular flexibility index (Phi) is 1.95. The van der Waals surface area contributed by atoms with Crippen molar-refractivity contribution < 1.29 is 4.52 Å². The Morgan fingerprint density at radius 2 is 2.31 bits per heavy atom. The van der Waals surface area contributed by atoms with Crippen LogP contribution in [0.2, 0.25) is 0 Å². The predicted octanol–water partition coefficient (Wildman–Crippen LogP) is 0.945. The molecule has 2 aromatic rings. The first kappa shape index (κ1) is 9.38. The van der Waals surface area contributed by atoms with E-state index in [2.05, 4.69) is 15.2 Å². The van der Waals surface area contributed by atoms with Crippen LogP contribution >= 0.6 is 0 Å². The predicted molar refractivity (Wildman–Crippen MR) is 58.2 cm³/mol. The zero-order valence-corrected chi connectivity index (χ0v) is 9.34. The van der Waals surface area contributed by atoms with E-state index < -0.39 is 0 Å². The van der Waals surface area contributed by atoms with E-state index in [1.807, 2.05) is 24.8 Å². The van der Waals surface area contributed by atoms with E-state index in [4.69, 9.17) is 4.52 Å². The summed E-state index contributed by atoms with van der Waals surface area (Å²) >= 11 is 0. The minimum absolute atomic E-state index is 0.491. The fourth-order valence-electron chi connectivity index (χ4n) is 1.87. The maximum atomic E-state index is 5.17. The molecule has 0 unspecified atom stereocenters. The second-order valence-corrected chi connectivity index (χ2v) is 4.14. The van der Waals surface area contributed by atoms with Gasteiger partial charge in [0.25, 0.3) is 11.8 Å². The SMILES string of the molecule is CN(C)c1noc(-c2cc3n(n2)CCC3)n1. The van der Waals surface area contributed by atoms with Crippen LogP contribution in [0.15, 0.2) is 10.6 Å². The van der Waals surface area contributed by atoms with Gasteiger partial charge in [-0.25, -0.2) is 0 Å². The average Bonchev–Trinajstić information content (AvgIpc) is 2.91. The molecule has 0 fully saturated rings. The van der Waals surface area contributed by atoms with Gasteiger partial charge in [0.05, 0.1) is 0 Å². The van der Waals surface area contributed by atoms with Gasteiger partial charge in [-0.3, -0.25) is 4.68 Å². The lowest BCUT2D eigenvalue weighted by Crippen LogP contribution is -2.10. The van der Waals surface area contributed by atoms with Crippen molar-refractivity contribution in [3.63, 3.8) is 0 Å². The Morgan fingerprint density at radius 3 is 3.00 bits per heavy atom. The van der Waals surface area contributed by atoms with Crippen LogP contribution in [0.4, 0.5) is 5.95 Å². The van der Waals surface area contributed by atoms with Crippen LogP contribution in [0.1, 0.15) is 12.1 Å². The van der Waals surface area contributed by atoms with Crippen LogP contribution in [-0.2, 0) is 13.0 Å². The summed E-state index contributed by atoms with van der Waals surface area (Å²) in [6, 6.07) is 2.03. The summed E-state index contributed by atoms with van der Waals surface area (Å²) in [6.45, 7) is 0.990. The summed E-state index contributed by atoms with van der Waals surface area (Å²) in [5.74, 6) is 1.06. The normalized spacial score (nSPS) is 14.1. The van der Waals surface area contributed by atoms with E-state index in [0.717, 1.165) is 18.7 Å². The summed E-state index contributed by atoms with van der Waals surface area (Å²) in [4.78, 5) is 6.07. The lowest BCUT2D eigenvalue weighted by Gasteiger charge is -2.02. The highest BCUT2D eigenvalue weighted by atomic mass is 16.5. The molecule has 0 aliphatic carbocycles. The number of anilines is 1. The number of aromatic nitrogens is 4. The third kappa shape index (κ3) is 1.37. The first-order chi connectivity index (χ1) is 7.74. The largest absolute Gasteiger partial charge is 0.344 e. The average molecular weight is 219 g/mol. The highest BCUT2D eigenvalue weighted by Crippen LogP contribution is 2.23. The number of nitrogens with zero attached hydrogens (tertiary/aromatic N) is 5. The molecule has 1 aliphatic heterocycles. The molecule has 0 atom stereocenters. The van der Waals surface area contributed by atoms with Gasteiger partial charge in [0.2, 0.25) is 0 Å². The van der Waals surface area contributed by atoms with E-state index in [1.165, 1.54) is 12.1 Å². The lowest BCUT2D eigenvalue weighted by molar-refractivity contribution is 0.428. The Labute approximate surface area is 92.9 Å². The molecule has 3 heterocycles. The highest BCUT2D eigenvalue weighted by molar-refractivity contribution is 5.49. The third-order valence-electron chi connectivity index (χ3n) is 2.70. The first-order valence-electron chi connectivity index (χ1n) is 5.32. The van der Waals surface area contributed by atoms with Crippen LogP contribution in [0.3, 0.4) is 0 Å². The van der Waals surface area contributed by atoms with Crippen LogP contribution in [0.5, 0.6) is 0 Å². The maximum Gasteiger partial charge on any atom is 0.280 e. The molecule has 0 radical (unpaired) electrons. The first-order valence-corrected chi connectivity index (χ1v) is 5.32. The van der Waals surface area contributed by atoms with Gasteiger partial charge in [-0.2, -0.15) is 10.1 Å². The molecule has 6 nitrogen and oxygen atoms in total. The molecule has 6 heteroatoms. The molecular weight excluding hydrogens is 206 g/mol. The highest BCUT2D eigenvalue weighted by Gasteiger charge is 2.18. The van der Waals surface area contributed by atoms with E-state index in [9.17, 15) is 0 Å². The second kappa shape index (κ2) is 3.33.